The van der Waals surface area contributed by atoms with Crippen molar-refractivity contribution < 1.29 is 0 Å². The average molecular weight is 178 g/mol. The number of anilines is 1. The Hall–Kier alpha value is -1.49. The van der Waals surface area contributed by atoms with Crippen molar-refractivity contribution in [3.8, 4) is 11.5 Å². The first-order valence-corrected chi connectivity index (χ1v) is 4.26. The van der Waals surface area contributed by atoms with E-state index in [4.69, 9.17) is 5.73 Å². The zero-order chi connectivity index (χ0) is 8.39. The van der Waals surface area contributed by atoms with Gasteiger partial charge in [-0.25, -0.2) is 15.0 Å². The predicted molar refractivity (Wildman–Crippen MR) is 47.6 cm³/mol. The average Bonchev–Trinajstić information content (AvgIpc) is 2.58. The quantitative estimate of drug-likeness (QED) is 0.712. The summed E-state index contributed by atoms with van der Waals surface area (Å²) in [6, 6.07) is 0. The molecule has 0 aliphatic carbocycles. The molecule has 0 aliphatic heterocycles. The predicted octanol–water partition coefficient (Wildman–Crippen LogP) is 1.18. The van der Waals surface area contributed by atoms with Crippen molar-refractivity contribution in [3.05, 3.63) is 23.3 Å². The Morgan fingerprint density at radius 3 is 2.50 bits per heavy atom. The van der Waals surface area contributed by atoms with E-state index in [9.17, 15) is 0 Å². The topological polar surface area (TPSA) is 64.7 Å². The van der Waals surface area contributed by atoms with Crippen LogP contribution in [0.5, 0.6) is 0 Å². The maximum atomic E-state index is 5.44. The van der Waals surface area contributed by atoms with Crippen molar-refractivity contribution in [2.45, 2.75) is 0 Å². The summed E-state index contributed by atoms with van der Waals surface area (Å²) < 4.78 is 0. The monoisotopic (exact) mass is 178 g/mol. The maximum absolute atomic E-state index is 5.44. The molecule has 12 heavy (non-hydrogen) atoms. The molecule has 0 aliphatic rings. The van der Waals surface area contributed by atoms with Gasteiger partial charge < -0.3 is 5.73 Å². The molecule has 2 aromatic heterocycles. The molecule has 2 N–H and O–H groups in total. The van der Waals surface area contributed by atoms with Crippen molar-refractivity contribution in [3.63, 3.8) is 0 Å². The molecule has 60 valence electrons. The van der Waals surface area contributed by atoms with Gasteiger partial charge in [-0.1, -0.05) is 0 Å². The normalized spacial score (nSPS) is 10.0. The summed E-state index contributed by atoms with van der Waals surface area (Å²) in [5.74, 6) is 0.616. The molecule has 0 saturated heterocycles. The van der Waals surface area contributed by atoms with Gasteiger partial charge in [-0.15, -0.1) is 11.3 Å². The number of aromatic nitrogens is 3. The van der Waals surface area contributed by atoms with Crippen molar-refractivity contribution in [2.75, 3.05) is 5.73 Å². The molecular formula is C7H6N4S. The summed E-state index contributed by atoms with van der Waals surface area (Å²) in [6.07, 6.45) is 3.14. The standard InChI is InChI=1S/C7H6N4S/c8-5-1-9-7(10-2-5)6-3-12-4-11-6/h1-4H,8H2. The van der Waals surface area contributed by atoms with E-state index in [2.05, 4.69) is 15.0 Å². The Kier molecular flexibility index (Phi) is 1.71. The zero-order valence-corrected chi connectivity index (χ0v) is 6.95. The van der Waals surface area contributed by atoms with E-state index in [0.29, 0.717) is 11.5 Å². The molecule has 0 atom stereocenters. The molecule has 0 aromatic carbocycles. The molecule has 0 fully saturated rings. The zero-order valence-electron chi connectivity index (χ0n) is 6.14. The van der Waals surface area contributed by atoms with Gasteiger partial charge in [-0.3, -0.25) is 0 Å². The third kappa shape index (κ3) is 1.26. The van der Waals surface area contributed by atoms with Crippen LogP contribution in [-0.2, 0) is 0 Å². The minimum Gasteiger partial charge on any atom is -0.396 e. The molecule has 0 bridgehead atoms. The number of thiazole rings is 1. The highest BCUT2D eigenvalue weighted by Gasteiger charge is 2.00. The van der Waals surface area contributed by atoms with Crippen LogP contribution in [0.4, 0.5) is 5.69 Å². The van der Waals surface area contributed by atoms with Crippen LogP contribution in [-0.4, -0.2) is 15.0 Å². The second kappa shape index (κ2) is 2.86. The Morgan fingerprint density at radius 2 is 1.92 bits per heavy atom. The molecule has 0 radical (unpaired) electrons. The highest BCUT2D eigenvalue weighted by Crippen LogP contribution is 2.13. The third-order valence-electron chi connectivity index (χ3n) is 1.33. The first-order chi connectivity index (χ1) is 5.86. The van der Waals surface area contributed by atoms with Gasteiger partial charge in [0.25, 0.3) is 0 Å². The summed E-state index contributed by atoms with van der Waals surface area (Å²) in [5, 5.41) is 1.89. The van der Waals surface area contributed by atoms with Gasteiger partial charge in [0.05, 0.1) is 23.6 Å². The number of hydrogen-bond acceptors (Lipinski definition) is 5. The third-order valence-corrected chi connectivity index (χ3v) is 1.92. The van der Waals surface area contributed by atoms with Crippen molar-refractivity contribution in [2.24, 2.45) is 0 Å². The molecule has 4 nitrogen and oxygen atoms in total. The van der Waals surface area contributed by atoms with E-state index in [1.165, 1.54) is 11.3 Å². The SMILES string of the molecule is Nc1cnc(-c2cscn2)nc1. The van der Waals surface area contributed by atoms with Crippen molar-refractivity contribution >= 4 is 17.0 Å². The number of nitrogens with two attached hydrogens (primary N) is 1. The minimum atomic E-state index is 0.564. The van der Waals surface area contributed by atoms with Crippen LogP contribution in [0.25, 0.3) is 11.5 Å². The molecular weight excluding hydrogens is 172 g/mol. The van der Waals surface area contributed by atoms with Crippen LogP contribution in [0, 0.1) is 0 Å². The summed E-state index contributed by atoms with van der Waals surface area (Å²) in [6.45, 7) is 0. The molecule has 2 heterocycles. The van der Waals surface area contributed by atoms with Gasteiger partial charge in [0.2, 0.25) is 0 Å². The fourth-order valence-corrected chi connectivity index (χ4v) is 1.32. The van der Waals surface area contributed by atoms with Crippen LogP contribution in [0.15, 0.2) is 23.3 Å². The van der Waals surface area contributed by atoms with Crippen LogP contribution in [0.3, 0.4) is 0 Å². The van der Waals surface area contributed by atoms with E-state index >= 15 is 0 Å². The lowest BCUT2D eigenvalue weighted by Gasteiger charge is -1.93. The van der Waals surface area contributed by atoms with Gasteiger partial charge >= 0.3 is 0 Å². The van der Waals surface area contributed by atoms with Crippen LogP contribution in [0.2, 0.25) is 0 Å². The number of nitrogens with zero attached hydrogens (tertiary/aromatic N) is 3. The van der Waals surface area contributed by atoms with Gasteiger partial charge in [-0.05, 0) is 0 Å². The van der Waals surface area contributed by atoms with Gasteiger partial charge in [0, 0.05) is 5.38 Å². The highest BCUT2D eigenvalue weighted by atomic mass is 32.1. The summed E-state index contributed by atoms with van der Waals surface area (Å²) in [4.78, 5) is 12.1. The minimum absolute atomic E-state index is 0.564. The van der Waals surface area contributed by atoms with Crippen molar-refractivity contribution in [1.82, 2.24) is 15.0 Å². The Bertz CT molecular complexity index is 353. The lowest BCUT2D eigenvalue weighted by Crippen LogP contribution is -1.91. The molecule has 0 saturated carbocycles. The molecule has 5 heteroatoms. The van der Waals surface area contributed by atoms with E-state index in [1.54, 1.807) is 17.9 Å². The summed E-state index contributed by atoms with van der Waals surface area (Å²) in [5.41, 5.74) is 8.54. The van der Waals surface area contributed by atoms with E-state index in [0.717, 1.165) is 5.69 Å². The molecule has 0 amide bonds. The molecule has 2 rings (SSSR count). The highest BCUT2D eigenvalue weighted by molar-refractivity contribution is 7.07. The van der Waals surface area contributed by atoms with E-state index in [-0.39, 0.29) is 0 Å². The van der Waals surface area contributed by atoms with E-state index in [1.807, 2.05) is 5.38 Å². The largest absolute Gasteiger partial charge is 0.396 e. The second-order valence-corrected chi connectivity index (χ2v) is 2.93. The van der Waals surface area contributed by atoms with Gasteiger partial charge in [-0.2, -0.15) is 0 Å². The fraction of sp³-hybridized carbons (Fsp3) is 0. The second-order valence-electron chi connectivity index (χ2n) is 2.21. The smallest absolute Gasteiger partial charge is 0.179 e. The van der Waals surface area contributed by atoms with E-state index < -0.39 is 0 Å². The fourth-order valence-electron chi connectivity index (χ4n) is 0.793. The maximum Gasteiger partial charge on any atom is 0.179 e. The first kappa shape index (κ1) is 7.17. The van der Waals surface area contributed by atoms with Crippen LogP contribution < -0.4 is 5.73 Å². The van der Waals surface area contributed by atoms with Gasteiger partial charge in [0.1, 0.15) is 5.69 Å². The first-order valence-electron chi connectivity index (χ1n) is 3.32. The molecule has 0 unspecified atom stereocenters. The summed E-state index contributed by atoms with van der Waals surface area (Å²) in [7, 11) is 0. The number of nitrogen functional groups attached to an aromatic ring is 1. The lowest BCUT2D eigenvalue weighted by molar-refractivity contribution is 1.16. The molecule has 2 aromatic rings. The van der Waals surface area contributed by atoms with Gasteiger partial charge in [0.15, 0.2) is 5.82 Å². The van der Waals surface area contributed by atoms with Crippen LogP contribution in [0.1, 0.15) is 0 Å². The molecule has 0 spiro atoms. The van der Waals surface area contributed by atoms with Crippen molar-refractivity contribution in [1.29, 1.82) is 0 Å². The number of hydrogen-bond donors (Lipinski definition) is 1. The Labute approximate surface area is 73.1 Å². The summed E-state index contributed by atoms with van der Waals surface area (Å²) >= 11 is 1.52. The Balaban J connectivity index is 2.43. The lowest BCUT2D eigenvalue weighted by atomic mass is 10.4. The van der Waals surface area contributed by atoms with Crippen LogP contribution >= 0.6 is 11.3 Å². The Morgan fingerprint density at radius 1 is 1.17 bits per heavy atom. The number of rotatable bonds is 1.